The molecule has 2 N–H and O–H groups in total. The van der Waals surface area contributed by atoms with Crippen LogP contribution in [0.2, 0.25) is 0 Å². The van der Waals surface area contributed by atoms with E-state index in [-0.39, 0.29) is 27.7 Å². The first-order chi connectivity index (χ1) is 10.9. The van der Waals surface area contributed by atoms with E-state index in [4.69, 9.17) is 5.73 Å². The van der Waals surface area contributed by atoms with E-state index in [0.717, 1.165) is 6.42 Å². The molecule has 0 bridgehead atoms. The number of carbonyl (C=O) groups excluding carboxylic acids is 2. The van der Waals surface area contributed by atoms with Crippen LogP contribution in [0.3, 0.4) is 0 Å². The van der Waals surface area contributed by atoms with Crippen molar-refractivity contribution in [3.05, 3.63) is 24.0 Å². The highest BCUT2D eigenvalue weighted by Crippen LogP contribution is 2.48. The molecular formula is C15H17N3O4S. The van der Waals surface area contributed by atoms with Gasteiger partial charge in [0.15, 0.2) is 9.84 Å². The van der Waals surface area contributed by atoms with Crippen LogP contribution in [0.25, 0.3) is 0 Å². The molecule has 1 aromatic rings. The van der Waals surface area contributed by atoms with E-state index in [1.165, 1.54) is 23.4 Å². The first-order valence-electron chi connectivity index (χ1n) is 7.70. The fraction of sp³-hybridized carbons (Fsp3) is 0.533. The number of primary amides is 1. The van der Waals surface area contributed by atoms with Gasteiger partial charge in [0, 0.05) is 18.4 Å². The largest absolute Gasteiger partial charge is 0.368 e. The van der Waals surface area contributed by atoms with E-state index in [9.17, 15) is 18.0 Å². The van der Waals surface area contributed by atoms with Crippen molar-refractivity contribution >= 4 is 21.7 Å². The zero-order chi connectivity index (χ0) is 16.4. The van der Waals surface area contributed by atoms with Crippen LogP contribution in [-0.4, -0.2) is 47.4 Å². The maximum absolute atomic E-state index is 12.7. The molecule has 7 nitrogen and oxygen atoms in total. The second-order valence-corrected chi connectivity index (χ2v) is 8.81. The Morgan fingerprint density at radius 2 is 1.96 bits per heavy atom. The number of nitrogens with two attached hydrogens (primary N) is 1. The van der Waals surface area contributed by atoms with E-state index < -0.39 is 21.8 Å². The zero-order valence-electron chi connectivity index (χ0n) is 12.4. The molecule has 3 aliphatic rings. The van der Waals surface area contributed by atoms with Gasteiger partial charge in [0.25, 0.3) is 5.91 Å². The van der Waals surface area contributed by atoms with E-state index in [0.29, 0.717) is 25.2 Å². The molecular weight excluding hydrogens is 318 g/mol. The van der Waals surface area contributed by atoms with E-state index in [2.05, 4.69) is 4.98 Å². The Labute approximate surface area is 133 Å². The Morgan fingerprint density at radius 1 is 1.22 bits per heavy atom. The van der Waals surface area contributed by atoms with Crippen LogP contribution in [0.1, 0.15) is 36.0 Å². The summed E-state index contributed by atoms with van der Waals surface area (Å²) in [5.41, 5.74) is 5.59. The second kappa shape index (κ2) is 4.77. The summed E-state index contributed by atoms with van der Waals surface area (Å²) in [5.74, 6) is -0.540. The van der Waals surface area contributed by atoms with Crippen molar-refractivity contribution in [1.82, 2.24) is 9.88 Å². The molecule has 1 aromatic heterocycles. The number of piperidine rings is 1. The summed E-state index contributed by atoms with van der Waals surface area (Å²) in [6, 6.07) is 0.815. The van der Waals surface area contributed by atoms with Crippen LogP contribution in [0.5, 0.6) is 0 Å². The molecule has 122 valence electrons. The van der Waals surface area contributed by atoms with E-state index >= 15 is 0 Å². The van der Waals surface area contributed by atoms with Gasteiger partial charge in [-0.2, -0.15) is 0 Å². The van der Waals surface area contributed by atoms with Gasteiger partial charge in [-0.05, 0) is 37.7 Å². The molecule has 0 aromatic carbocycles. The highest BCUT2D eigenvalue weighted by Gasteiger charge is 2.55. The number of amides is 2. The third-order valence-corrected chi connectivity index (χ3v) is 7.15. The smallest absolute Gasteiger partial charge is 0.256 e. The maximum Gasteiger partial charge on any atom is 0.256 e. The molecule has 2 heterocycles. The molecule has 8 heteroatoms. The van der Waals surface area contributed by atoms with Crippen molar-refractivity contribution in [3.8, 4) is 0 Å². The predicted octanol–water partition coefficient (Wildman–Crippen LogP) is 0.106. The normalized spacial score (nSPS) is 29.2. The van der Waals surface area contributed by atoms with Gasteiger partial charge >= 0.3 is 0 Å². The van der Waals surface area contributed by atoms with Gasteiger partial charge in [0.1, 0.15) is 6.04 Å². The van der Waals surface area contributed by atoms with Crippen molar-refractivity contribution in [2.75, 3.05) is 0 Å². The second-order valence-electron chi connectivity index (χ2n) is 6.58. The molecule has 3 atom stereocenters. The van der Waals surface area contributed by atoms with Gasteiger partial charge in [-0.15, -0.1) is 0 Å². The van der Waals surface area contributed by atoms with Gasteiger partial charge in [-0.25, -0.2) is 8.42 Å². The molecule has 4 rings (SSSR count). The number of aromatic nitrogens is 1. The molecule has 0 spiro atoms. The van der Waals surface area contributed by atoms with Crippen molar-refractivity contribution in [2.45, 2.75) is 47.9 Å². The third kappa shape index (κ3) is 2.32. The van der Waals surface area contributed by atoms with Gasteiger partial charge in [-0.1, -0.05) is 0 Å². The number of rotatable bonds is 4. The third-order valence-electron chi connectivity index (χ3n) is 4.92. The Kier molecular flexibility index (Phi) is 3.03. The van der Waals surface area contributed by atoms with Crippen molar-refractivity contribution in [3.63, 3.8) is 0 Å². The minimum absolute atomic E-state index is 0.0451. The molecule has 3 unspecified atom stereocenters. The summed E-state index contributed by atoms with van der Waals surface area (Å²) < 4.78 is 24.6. The monoisotopic (exact) mass is 335 g/mol. The lowest BCUT2D eigenvalue weighted by molar-refractivity contribution is -0.122. The number of pyridine rings is 1. The lowest BCUT2D eigenvalue weighted by Crippen LogP contribution is -2.46. The zero-order valence-corrected chi connectivity index (χ0v) is 13.2. The van der Waals surface area contributed by atoms with Gasteiger partial charge < -0.3 is 10.6 Å². The summed E-state index contributed by atoms with van der Waals surface area (Å²) >= 11 is 0. The number of carbonyl (C=O) groups is 2. The molecule has 1 aliphatic heterocycles. The summed E-state index contributed by atoms with van der Waals surface area (Å²) in [4.78, 5) is 29.8. The van der Waals surface area contributed by atoms with Crippen LogP contribution in [0.4, 0.5) is 0 Å². The van der Waals surface area contributed by atoms with E-state index in [1.807, 2.05) is 0 Å². The van der Waals surface area contributed by atoms with Crippen molar-refractivity contribution < 1.29 is 18.0 Å². The van der Waals surface area contributed by atoms with Crippen molar-refractivity contribution in [2.24, 2.45) is 11.7 Å². The summed E-state index contributed by atoms with van der Waals surface area (Å²) in [6.45, 7) is 0. The minimum atomic E-state index is -3.40. The predicted molar refractivity (Wildman–Crippen MR) is 80.1 cm³/mol. The minimum Gasteiger partial charge on any atom is -0.368 e. The average molecular weight is 335 g/mol. The summed E-state index contributed by atoms with van der Waals surface area (Å²) in [7, 11) is -3.40. The summed E-state index contributed by atoms with van der Waals surface area (Å²) in [5, 5.41) is -0.354. The number of hydrogen-bond acceptors (Lipinski definition) is 5. The van der Waals surface area contributed by atoms with Crippen LogP contribution < -0.4 is 5.73 Å². The first kappa shape index (κ1) is 14.6. The standard InChI is InChI=1S/C15H17N3O4S/c16-14(19)13-5-8-4-12(8)18(13)15(20)9-3-11(7-17-6-9)23(21,22)10-1-2-10/h3,6-8,10,12-13H,1-2,4-5H2,(H2,16,19). The number of hydrogen-bond donors (Lipinski definition) is 1. The van der Waals surface area contributed by atoms with Gasteiger partial charge in [0.05, 0.1) is 15.7 Å². The summed E-state index contributed by atoms with van der Waals surface area (Å²) in [6.07, 6.45) is 5.41. The number of sulfone groups is 1. The topological polar surface area (TPSA) is 110 Å². The highest BCUT2D eigenvalue weighted by atomic mass is 32.2. The molecule has 0 radical (unpaired) electrons. The lowest BCUT2D eigenvalue weighted by atomic mass is 10.1. The molecule has 3 fully saturated rings. The molecule has 1 saturated heterocycles. The van der Waals surface area contributed by atoms with Crippen LogP contribution in [-0.2, 0) is 14.6 Å². The lowest BCUT2D eigenvalue weighted by Gasteiger charge is -2.25. The fourth-order valence-electron chi connectivity index (χ4n) is 3.41. The SMILES string of the molecule is NC(=O)C1CC2CC2N1C(=O)c1cncc(S(=O)(=O)C2CC2)c1. The maximum atomic E-state index is 12.7. The molecule has 2 amide bonds. The Balaban J connectivity index is 1.65. The van der Waals surface area contributed by atoms with Crippen LogP contribution >= 0.6 is 0 Å². The number of likely N-dealkylation sites (tertiary alicyclic amines) is 1. The number of nitrogens with zero attached hydrogens (tertiary/aromatic N) is 2. The molecule has 23 heavy (non-hydrogen) atoms. The highest BCUT2D eigenvalue weighted by molar-refractivity contribution is 7.92. The van der Waals surface area contributed by atoms with E-state index in [1.54, 1.807) is 0 Å². The number of fused-ring (bicyclic) bond motifs is 1. The average Bonchev–Trinajstić information content (AvgIpc) is 3.44. The Hall–Kier alpha value is -1.96. The van der Waals surface area contributed by atoms with Crippen LogP contribution in [0, 0.1) is 5.92 Å². The molecule has 2 aliphatic carbocycles. The van der Waals surface area contributed by atoms with Crippen LogP contribution in [0.15, 0.2) is 23.4 Å². The Bertz CT molecular complexity index is 803. The van der Waals surface area contributed by atoms with Gasteiger partial charge in [0.2, 0.25) is 5.91 Å². The molecule has 2 saturated carbocycles. The fourth-order valence-corrected chi connectivity index (χ4v) is 5.05. The quantitative estimate of drug-likeness (QED) is 0.839. The van der Waals surface area contributed by atoms with Gasteiger partial charge in [-0.3, -0.25) is 14.6 Å². The van der Waals surface area contributed by atoms with Crippen molar-refractivity contribution in [1.29, 1.82) is 0 Å². The Morgan fingerprint density at radius 3 is 2.61 bits per heavy atom. The first-order valence-corrected chi connectivity index (χ1v) is 9.25.